The van der Waals surface area contributed by atoms with Crippen LogP contribution in [0.25, 0.3) is 20.5 Å². The first-order valence-electron chi connectivity index (χ1n) is 12.6. The van der Waals surface area contributed by atoms with Crippen molar-refractivity contribution in [3.63, 3.8) is 0 Å². The van der Waals surface area contributed by atoms with Crippen LogP contribution in [0.4, 0.5) is 0 Å². The lowest BCUT2D eigenvalue weighted by Crippen LogP contribution is -2.31. The standard InChI is InChI=1S/C30H33NO4S/c1-32-25-13-11-23(30-20-22-9-4-5-10-29(22)36-30)19-28(25)35-26-14-12-24(21-27(26)33-2)34-18-8-17-31-15-6-3-7-16-31/h4-5,9-14,19-21H,3,6-8,15-18H2,1-2H3. The maximum atomic E-state index is 6.31. The Morgan fingerprint density at radius 2 is 1.58 bits per heavy atom. The summed E-state index contributed by atoms with van der Waals surface area (Å²) in [5.74, 6) is 3.33. The fraction of sp³-hybridized carbons (Fsp3) is 0.333. The Kier molecular flexibility index (Phi) is 7.94. The maximum absolute atomic E-state index is 6.31. The summed E-state index contributed by atoms with van der Waals surface area (Å²) < 4.78 is 24.8. The van der Waals surface area contributed by atoms with Gasteiger partial charge in [-0.3, -0.25) is 0 Å². The minimum absolute atomic E-state index is 0.616. The Morgan fingerprint density at radius 1 is 0.778 bits per heavy atom. The first-order valence-corrected chi connectivity index (χ1v) is 13.4. The van der Waals surface area contributed by atoms with Crippen molar-refractivity contribution in [3.05, 3.63) is 66.7 Å². The van der Waals surface area contributed by atoms with Crippen LogP contribution in [0.15, 0.2) is 66.7 Å². The van der Waals surface area contributed by atoms with Gasteiger partial charge in [0.1, 0.15) is 5.75 Å². The average Bonchev–Trinajstić information content (AvgIpc) is 3.37. The van der Waals surface area contributed by atoms with Gasteiger partial charge in [-0.2, -0.15) is 0 Å². The summed E-state index contributed by atoms with van der Waals surface area (Å²) in [7, 11) is 3.30. The van der Waals surface area contributed by atoms with E-state index in [0.29, 0.717) is 29.6 Å². The first-order chi connectivity index (χ1) is 17.7. The zero-order valence-corrected chi connectivity index (χ0v) is 21.8. The first kappa shape index (κ1) is 24.5. The highest BCUT2D eigenvalue weighted by molar-refractivity contribution is 7.22. The number of methoxy groups -OCH3 is 2. The molecular weight excluding hydrogens is 470 g/mol. The second-order valence-electron chi connectivity index (χ2n) is 9.03. The quantitative estimate of drug-likeness (QED) is 0.208. The molecule has 3 aromatic carbocycles. The monoisotopic (exact) mass is 503 g/mol. The van der Waals surface area contributed by atoms with Gasteiger partial charge in [0, 0.05) is 22.2 Å². The van der Waals surface area contributed by atoms with Gasteiger partial charge in [-0.1, -0.05) is 24.6 Å². The van der Waals surface area contributed by atoms with Crippen LogP contribution < -0.4 is 18.9 Å². The highest BCUT2D eigenvalue weighted by Crippen LogP contribution is 2.42. The van der Waals surface area contributed by atoms with Crippen LogP contribution in [0.2, 0.25) is 0 Å². The predicted molar refractivity (Wildman–Crippen MR) is 147 cm³/mol. The van der Waals surface area contributed by atoms with E-state index < -0.39 is 0 Å². The molecule has 4 aromatic rings. The molecule has 1 aliphatic heterocycles. The highest BCUT2D eigenvalue weighted by atomic mass is 32.1. The lowest BCUT2D eigenvalue weighted by atomic mass is 10.1. The van der Waals surface area contributed by atoms with Crippen molar-refractivity contribution >= 4 is 21.4 Å². The smallest absolute Gasteiger partial charge is 0.170 e. The number of piperidine rings is 1. The van der Waals surface area contributed by atoms with E-state index in [9.17, 15) is 0 Å². The molecule has 0 spiro atoms. The van der Waals surface area contributed by atoms with E-state index >= 15 is 0 Å². The van der Waals surface area contributed by atoms with Gasteiger partial charge < -0.3 is 23.8 Å². The topological polar surface area (TPSA) is 40.2 Å². The van der Waals surface area contributed by atoms with Crippen LogP contribution in [0.3, 0.4) is 0 Å². The molecule has 6 heteroatoms. The van der Waals surface area contributed by atoms with E-state index in [4.69, 9.17) is 18.9 Å². The summed E-state index contributed by atoms with van der Waals surface area (Å²) in [4.78, 5) is 3.72. The summed E-state index contributed by atoms with van der Waals surface area (Å²) in [6.07, 6.45) is 5.01. The average molecular weight is 504 g/mol. The molecule has 1 aromatic heterocycles. The lowest BCUT2D eigenvalue weighted by molar-refractivity contribution is 0.204. The fourth-order valence-corrected chi connectivity index (χ4v) is 5.69. The van der Waals surface area contributed by atoms with Crippen LogP contribution >= 0.6 is 11.3 Å². The van der Waals surface area contributed by atoms with Gasteiger partial charge in [0.2, 0.25) is 0 Å². The fourth-order valence-electron chi connectivity index (χ4n) is 4.64. The molecule has 0 atom stereocenters. The number of benzene rings is 3. The zero-order chi connectivity index (χ0) is 24.7. The molecule has 0 aliphatic carbocycles. The lowest BCUT2D eigenvalue weighted by Gasteiger charge is -2.26. The van der Waals surface area contributed by atoms with E-state index in [1.807, 2.05) is 30.3 Å². The van der Waals surface area contributed by atoms with Gasteiger partial charge in [0.25, 0.3) is 0 Å². The van der Waals surface area contributed by atoms with Crippen molar-refractivity contribution in [2.24, 2.45) is 0 Å². The van der Waals surface area contributed by atoms with E-state index in [1.165, 1.54) is 47.3 Å². The largest absolute Gasteiger partial charge is 0.493 e. The second kappa shape index (κ2) is 11.7. The van der Waals surface area contributed by atoms with Crippen LogP contribution in [-0.2, 0) is 0 Å². The third kappa shape index (κ3) is 5.77. The van der Waals surface area contributed by atoms with Gasteiger partial charge >= 0.3 is 0 Å². The highest BCUT2D eigenvalue weighted by Gasteiger charge is 2.14. The molecule has 36 heavy (non-hydrogen) atoms. The Labute approximate surface area is 217 Å². The zero-order valence-electron chi connectivity index (χ0n) is 21.0. The minimum Gasteiger partial charge on any atom is -0.493 e. The number of hydrogen-bond donors (Lipinski definition) is 0. The number of ether oxygens (including phenoxy) is 4. The van der Waals surface area contributed by atoms with Gasteiger partial charge in [0.15, 0.2) is 23.0 Å². The predicted octanol–water partition coefficient (Wildman–Crippen LogP) is 7.63. The molecule has 5 rings (SSSR count). The van der Waals surface area contributed by atoms with Crippen molar-refractivity contribution in [2.45, 2.75) is 25.7 Å². The van der Waals surface area contributed by atoms with Gasteiger partial charge in [0.05, 0.1) is 20.8 Å². The molecule has 0 N–H and O–H groups in total. The summed E-state index contributed by atoms with van der Waals surface area (Å²) in [6.45, 7) is 4.21. The van der Waals surface area contributed by atoms with Crippen molar-refractivity contribution < 1.29 is 18.9 Å². The molecule has 0 radical (unpaired) electrons. The summed E-state index contributed by atoms with van der Waals surface area (Å²) >= 11 is 1.77. The van der Waals surface area contributed by atoms with Crippen LogP contribution in [0.1, 0.15) is 25.7 Å². The number of hydrogen-bond acceptors (Lipinski definition) is 6. The van der Waals surface area contributed by atoms with E-state index in [0.717, 1.165) is 24.3 Å². The third-order valence-electron chi connectivity index (χ3n) is 6.56. The Bertz CT molecular complexity index is 1260. The maximum Gasteiger partial charge on any atom is 0.170 e. The van der Waals surface area contributed by atoms with E-state index in [-0.39, 0.29) is 0 Å². The normalized spacial score (nSPS) is 14.1. The number of thiophene rings is 1. The Morgan fingerprint density at radius 3 is 2.39 bits per heavy atom. The van der Waals surface area contributed by atoms with Crippen molar-refractivity contribution in [1.29, 1.82) is 0 Å². The number of rotatable bonds is 10. The summed E-state index contributed by atoms with van der Waals surface area (Å²) in [5, 5.41) is 1.24. The van der Waals surface area contributed by atoms with Crippen LogP contribution in [0.5, 0.6) is 28.7 Å². The van der Waals surface area contributed by atoms with Gasteiger partial charge in [-0.25, -0.2) is 0 Å². The molecule has 5 nitrogen and oxygen atoms in total. The Balaban J connectivity index is 1.28. The van der Waals surface area contributed by atoms with Crippen LogP contribution in [0, 0.1) is 0 Å². The molecule has 1 aliphatic rings. The molecule has 188 valence electrons. The molecule has 1 fully saturated rings. The molecule has 2 heterocycles. The molecular formula is C30H33NO4S. The molecule has 1 saturated heterocycles. The molecule has 0 bridgehead atoms. The van der Waals surface area contributed by atoms with Gasteiger partial charge in [-0.15, -0.1) is 11.3 Å². The van der Waals surface area contributed by atoms with E-state index in [1.54, 1.807) is 25.6 Å². The second-order valence-corrected chi connectivity index (χ2v) is 10.1. The molecule has 0 unspecified atom stereocenters. The van der Waals surface area contributed by atoms with Crippen molar-refractivity contribution in [3.8, 4) is 39.2 Å². The number of likely N-dealkylation sites (tertiary alicyclic amines) is 1. The Hall–Kier alpha value is -3.22. The van der Waals surface area contributed by atoms with Crippen LogP contribution in [-0.4, -0.2) is 45.4 Å². The summed E-state index contributed by atoms with van der Waals surface area (Å²) in [5.41, 5.74) is 1.08. The SMILES string of the molecule is COc1cc(OCCCN2CCCCC2)ccc1Oc1cc(-c2cc3ccccc3s2)ccc1OC. The van der Waals surface area contributed by atoms with Gasteiger partial charge in [-0.05, 0) is 85.8 Å². The number of nitrogens with zero attached hydrogens (tertiary/aromatic N) is 1. The number of fused-ring (bicyclic) bond motifs is 1. The van der Waals surface area contributed by atoms with Crippen molar-refractivity contribution in [2.75, 3.05) is 40.5 Å². The molecule has 0 saturated carbocycles. The van der Waals surface area contributed by atoms with Crippen molar-refractivity contribution in [1.82, 2.24) is 4.90 Å². The summed E-state index contributed by atoms with van der Waals surface area (Å²) in [6, 6.07) is 22.4. The third-order valence-corrected chi connectivity index (χ3v) is 7.73. The minimum atomic E-state index is 0.616. The van der Waals surface area contributed by atoms with E-state index in [2.05, 4.69) is 41.3 Å². The molecule has 0 amide bonds.